The Morgan fingerprint density at radius 1 is 0.958 bits per heavy atom. The molecule has 0 unspecified atom stereocenters. The van der Waals surface area contributed by atoms with Crippen molar-refractivity contribution in [1.29, 1.82) is 0 Å². The van der Waals surface area contributed by atoms with Crippen LogP contribution >= 0.6 is 0 Å². The first-order chi connectivity index (χ1) is 11.7. The van der Waals surface area contributed by atoms with Crippen LogP contribution in [0.2, 0.25) is 0 Å². The quantitative estimate of drug-likeness (QED) is 0.786. The zero-order valence-corrected chi connectivity index (χ0v) is 13.2. The van der Waals surface area contributed by atoms with Crippen LogP contribution in [0.25, 0.3) is 10.9 Å². The van der Waals surface area contributed by atoms with Crippen molar-refractivity contribution in [2.75, 3.05) is 31.1 Å². The Hall–Kier alpha value is -2.82. The van der Waals surface area contributed by atoms with Crippen molar-refractivity contribution in [3.05, 3.63) is 66.1 Å². The molecule has 1 aliphatic heterocycles. The van der Waals surface area contributed by atoms with Gasteiger partial charge >= 0.3 is 0 Å². The molecule has 1 fully saturated rings. The largest absolute Gasteiger partial charge is 0.366 e. The number of hydrogen-bond acceptors (Lipinski definition) is 2. The number of anilines is 1. The number of piperazine rings is 1. The minimum absolute atomic E-state index is 0.0284. The van der Waals surface area contributed by atoms with Crippen LogP contribution in [0.5, 0.6) is 0 Å². The molecule has 0 bridgehead atoms. The van der Waals surface area contributed by atoms with Crippen LogP contribution in [0.3, 0.4) is 0 Å². The summed E-state index contributed by atoms with van der Waals surface area (Å²) in [7, 11) is 0. The molecule has 4 nitrogen and oxygen atoms in total. The van der Waals surface area contributed by atoms with Gasteiger partial charge in [0.1, 0.15) is 5.82 Å². The van der Waals surface area contributed by atoms with Crippen molar-refractivity contribution in [3.8, 4) is 0 Å². The minimum atomic E-state index is -0.214. The summed E-state index contributed by atoms with van der Waals surface area (Å²) in [5.74, 6) is -0.186. The van der Waals surface area contributed by atoms with Gasteiger partial charge in [-0.2, -0.15) is 0 Å². The standard InChI is InChI=1S/C19H18FN3O/c20-16-6-2-4-8-18(16)22-9-11-23(12-10-22)19(24)15-13-21-17-7-3-1-5-14(15)17/h1-8,13,21H,9-12H2. The fraction of sp³-hybridized carbons (Fsp3) is 0.211. The van der Waals surface area contributed by atoms with Crippen LogP contribution in [0.4, 0.5) is 10.1 Å². The van der Waals surface area contributed by atoms with E-state index in [4.69, 9.17) is 0 Å². The number of benzene rings is 2. The molecule has 2 aromatic carbocycles. The number of nitrogens with one attached hydrogen (secondary N) is 1. The van der Waals surface area contributed by atoms with E-state index in [0.717, 1.165) is 10.9 Å². The molecule has 1 amide bonds. The third kappa shape index (κ3) is 2.52. The van der Waals surface area contributed by atoms with Gasteiger partial charge in [-0.3, -0.25) is 4.79 Å². The number of amides is 1. The Morgan fingerprint density at radius 3 is 2.46 bits per heavy atom. The Morgan fingerprint density at radius 2 is 1.67 bits per heavy atom. The number of aromatic amines is 1. The van der Waals surface area contributed by atoms with Gasteiger partial charge in [0.05, 0.1) is 11.3 Å². The van der Waals surface area contributed by atoms with Crippen molar-refractivity contribution < 1.29 is 9.18 Å². The summed E-state index contributed by atoms with van der Waals surface area (Å²) in [5.41, 5.74) is 2.27. The molecule has 0 radical (unpaired) electrons. The predicted molar refractivity (Wildman–Crippen MR) is 92.8 cm³/mol. The average molecular weight is 323 g/mol. The highest BCUT2D eigenvalue weighted by molar-refractivity contribution is 6.06. The van der Waals surface area contributed by atoms with Crippen LogP contribution in [-0.2, 0) is 0 Å². The highest BCUT2D eigenvalue weighted by atomic mass is 19.1. The van der Waals surface area contributed by atoms with Crippen LogP contribution in [0.15, 0.2) is 54.7 Å². The SMILES string of the molecule is O=C(c1c[nH]c2ccccc12)N1CCN(c2ccccc2F)CC1. The molecule has 0 spiro atoms. The van der Waals surface area contributed by atoms with Crippen LogP contribution in [0.1, 0.15) is 10.4 Å². The number of aromatic nitrogens is 1. The van der Waals surface area contributed by atoms with E-state index >= 15 is 0 Å². The first-order valence-electron chi connectivity index (χ1n) is 8.09. The summed E-state index contributed by atoms with van der Waals surface area (Å²) < 4.78 is 13.9. The number of fused-ring (bicyclic) bond motifs is 1. The van der Waals surface area contributed by atoms with E-state index in [1.807, 2.05) is 40.1 Å². The molecule has 1 N–H and O–H groups in total. The molecular formula is C19H18FN3O. The van der Waals surface area contributed by atoms with Crippen LogP contribution < -0.4 is 4.90 Å². The second kappa shape index (κ2) is 6.00. The fourth-order valence-electron chi connectivity index (χ4n) is 3.28. The smallest absolute Gasteiger partial charge is 0.256 e. The average Bonchev–Trinajstić information content (AvgIpc) is 3.06. The minimum Gasteiger partial charge on any atom is -0.366 e. The molecular weight excluding hydrogens is 305 g/mol. The van der Waals surface area contributed by atoms with E-state index < -0.39 is 0 Å². The van der Waals surface area contributed by atoms with Gasteiger partial charge in [0, 0.05) is 43.3 Å². The van der Waals surface area contributed by atoms with Crippen molar-refractivity contribution >= 4 is 22.5 Å². The summed E-state index contributed by atoms with van der Waals surface area (Å²) in [5, 5.41) is 0.944. The number of carbonyl (C=O) groups excluding carboxylic acids is 1. The van der Waals surface area contributed by atoms with Gasteiger partial charge in [0.25, 0.3) is 5.91 Å². The number of para-hydroxylation sites is 2. The first-order valence-corrected chi connectivity index (χ1v) is 8.09. The van der Waals surface area contributed by atoms with Crippen molar-refractivity contribution in [1.82, 2.24) is 9.88 Å². The van der Waals surface area contributed by atoms with E-state index in [2.05, 4.69) is 4.98 Å². The Labute approximate surface area is 139 Å². The number of rotatable bonds is 2. The number of H-pyrrole nitrogens is 1. The summed E-state index contributed by atoms with van der Waals surface area (Å²) >= 11 is 0. The van der Waals surface area contributed by atoms with Crippen molar-refractivity contribution in [3.63, 3.8) is 0 Å². The lowest BCUT2D eigenvalue weighted by Gasteiger charge is -2.36. The number of nitrogens with zero attached hydrogens (tertiary/aromatic N) is 2. The zero-order chi connectivity index (χ0) is 16.5. The van der Waals surface area contributed by atoms with E-state index in [9.17, 15) is 9.18 Å². The summed E-state index contributed by atoms with van der Waals surface area (Å²) in [6.07, 6.45) is 1.77. The van der Waals surface area contributed by atoms with Crippen LogP contribution in [0, 0.1) is 5.82 Å². The maximum absolute atomic E-state index is 13.9. The normalized spacial score (nSPS) is 15.0. The van der Waals surface area contributed by atoms with Crippen molar-refractivity contribution in [2.45, 2.75) is 0 Å². The Balaban J connectivity index is 1.50. The molecule has 0 atom stereocenters. The predicted octanol–water partition coefficient (Wildman–Crippen LogP) is 3.27. The molecule has 2 heterocycles. The van der Waals surface area contributed by atoms with Gasteiger partial charge < -0.3 is 14.8 Å². The molecule has 3 aromatic rings. The Kier molecular flexibility index (Phi) is 3.69. The monoisotopic (exact) mass is 323 g/mol. The van der Waals surface area contributed by atoms with Gasteiger partial charge in [-0.25, -0.2) is 4.39 Å². The first kappa shape index (κ1) is 14.8. The summed E-state index contributed by atoms with van der Waals surface area (Å²) in [6.45, 7) is 2.45. The van der Waals surface area contributed by atoms with Gasteiger partial charge in [-0.05, 0) is 18.2 Å². The molecule has 1 saturated heterocycles. The molecule has 4 rings (SSSR count). The second-order valence-corrected chi connectivity index (χ2v) is 5.98. The van der Waals surface area contributed by atoms with Gasteiger partial charge in [-0.1, -0.05) is 30.3 Å². The lowest BCUT2D eigenvalue weighted by Crippen LogP contribution is -2.49. The third-order valence-corrected chi connectivity index (χ3v) is 4.58. The molecule has 1 aliphatic rings. The van der Waals surface area contributed by atoms with Gasteiger partial charge in [0.15, 0.2) is 0 Å². The van der Waals surface area contributed by atoms with E-state index in [-0.39, 0.29) is 11.7 Å². The molecule has 24 heavy (non-hydrogen) atoms. The summed E-state index contributed by atoms with van der Waals surface area (Å²) in [4.78, 5) is 19.8. The lowest BCUT2D eigenvalue weighted by molar-refractivity contribution is 0.0748. The van der Waals surface area contributed by atoms with Gasteiger partial charge in [0.2, 0.25) is 0 Å². The maximum Gasteiger partial charge on any atom is 0.256 e. The zero-order valence-electron chi connectivity index (χ0n) is 13.2. The highest BCUT2D eigenvalue weighted by Gasteiger charge is 2.24. The second-order valence-electron chi connectivity index (χ2n) is 5.98. The topological polar surface area (TPSA) is 39.3 Å². The summed E-state index contributed by atoms with van der Waals surface area (Å²) in [6, 6.07) is 14.6. The third-order valence-electron chi connectivity index (χ3n) is 4.58. The molecule has 122 valence electrons. The molecule has 0 aliphatic carbocycles. The van der Waals surface area contributed by atoms with Gasteiger partial charge in [-0.15, -0.1) is 0 Å². The Bertz CT molecular complexity index is 881. The molecule has 1 aromatic heterocycles. The van der Waals surface area contributed by atoms with Crippen molar-refractivity contribution in [2.24, 2.45) is 0 Å². The molecule has 0 saturated carbocycles. The maximum atomic E-state index is 13.9. The lowest BCUT2D eigenvalue weighted by atomic mass is 10.1. The fourth-order valence-corrected chi connectivity index (χ4v) is 3.28. The van der Waals surface area contributed by atoms with E-state index in [1.54, 1.807) is 18.3 Å². The highest BCUT2D eigenvalue weighted by Crippen LogP contribution is 2.23. The number of hydrogen-bond donors (Lipinski definition) is 1. The number of halogens is 1. The van der Waals surface area contributed by atoms with E-state index in [1.165, 1.54) is 6.07 Å². The molecule has 5 heteroatoms. The van der Waals surface area contributed by atoms with Crippen LogP contribution in [-0.4, -0.2) is 42.0 Å². The number of carbonyl (C=O) groups is 1. The van der Waals surface area contributed by atoms with E-state index in [0.29, 0.717) is 37.4 Å².